The van der Waals surface area contributed by atoms with Crippen molar-refractivity contribution in [2.45, 2.75) is 81.0 Å². The zero-order valence-corrected chi connectivity index (χ0v) is 25.5. The van der Waals surface area contributed by atoms with E-state index >= 15 is 0 Å². The van der Waals surface area contributed by atoms with Gasteiger partial charge >= 0.3 is 24.4 Å². The lowest BCUT2D eigenvalue weighted by molar-refractivity contribution is -0.156. The summed E-state index contributed by atoms with van der Waals surface area (Å²) in [7, 11) is 0. The first kappa shape index (κ1) is 34.5. The Morgan fingerprint density at radius 1 is 0.979 bits per heavy atom. The summed E-state index contributed by atoms with van der Waals surface area (Å²) >= 11 is 0. The monoisotopic (exact) mass is 671 g/mol. The molecule has 2 amide bonds. The number of rotatable bonds is 8. The number of hydrogen-bond acceptors (Lipinski definition) is 7. The van der Waals surface area contributed by atoms with Gasteiger partial charge in [0.25, 0.3) is 0 Å². The normalized spacial score (nSPS) is 25.5. The lowest BCUT2D eigenvalue weighted by Gasteiger charge is -2.52. The molecule has 4 atom stereocenters. The summed E-state index contributed by atoms with van der Waals surface area (Å²) in [5, 5.41) is 5.94. The molecule has 0 unspecified atom stereocenters. The molecule has 0 saturated carbocycles. The van der Waals surface area contributed by atoms with Crippen molar-refractivity contribution in [2.75, 3.05) is 26.5 Å². The van der Waals surface area contributed by atoms with Crippen LogP contribution in [-0.2, 0) is 41.7 Å². The van der Waals surface area contributed by atoms with Crippen LogP contribution in [0.25, 0.3) is 0 Å². The van der Waals surface area contributed by atoms with Crippen LogP contribution in [0.4, 0.5) is 31.1 Å². The minimum atomic E-state index is -5.04. The Labute approximate surface area is 266 Å². The molecule has 0 radical (unpaired) electrons. The molecule has 0 aromatic heterocycles. The van der Waals surface area contributed by atoms with E-state index in [1.807, 2.05) is 0 Å². The highest BCUT2D eigenvalue weighted by molar-refractivity contribution is 5.80. The second kappa shape index (κ2) is 13.3. The Morgan fingerprint density at radius 2 is 1.66 bits per heavy atom. The van der Waals surface area contributed by atoms with Crippen molar-refractivity contribution in [1.29, 1.82) is 0 Å². The zero-order valence-electron chi connectivity index (χ0n) is 25.5. The number of nitrogens with zero attached hydrogens (tertiary/aromatic N) is 1. The van der Waals surface area contributed by atoms with Crippen molar-refractivity contribution in [3.63, 3.8) is 0 Å². The van der Waals surface area contributed by atoms with E-state index in [9.17, 15) is 40.7 Å². The molecule has 2 aromatic rings. The van der Waals surface area contributed by atoms with Crippen LogP contribution in [0.2, 0.25) is 0 Å². The van der Waals surface area contributed by atoms with Crippen LogP contribution in [0.3, 0.4) is 0 Å². The van der Waals surface area contributed by atoms with Gasteiger partial charge in [-0.3, -0.25) is 14.5 Å². The molecule has 3 saturated heterocycles. The predicted octanol–water partition coefficient (Wildman–Crippen LogP) is 5.83. The van der Waals surface area contributed by atoms with Gasteiger partial charge in [0.1, 0.15) is 6.04 Å². The number of esters is 1. The van der Waals surface area contributed by atoms with Gasteiger partial charge in [-0.2, -0.15) is 26.3 Å². The summed E-state index contributed by atoms with van der Waals surface area (Å²) in [4.78, 5) is 39.8. The fraction of sp³-hybridized carbons (Fsp3) is 0.531. The number of carbonyl (C=O) groups is 3. The molecule has 3 fully saturated rings. The summed E-state index contributed by atoms with van der Waals surface area (Å²) in [6.07, 6.45) is -9.65. The van der Waals surface area contributed by atoms with Gasteiger partial charge in [-0.15, -0.1) is 0 Å². The molecular weight excluding hydrogens is 636 g/mol. The van der Waals surface area contributed by atoms with Crippen LogP contribution < -0.4 is 10.6 Å². The highest BCUT2D eigenvalue weighted by atomic mass is 19.4. The summed E-state index contributed by atoms with van der Waals surface area (Å²) in [6, 6.07) is 9.35. The average molecular weight is 672 g/mol. The van der Waals surface area contributed by atoms with Gasteiger partial charge in [-0.1, -0.05) is 30.3 Å². The van der Waals surface area contributed by atoms with Crippen molar-refractivity contribution in [3.8, 4) is 0 Å². The van der Waals surface area contributed by atoms with Gasteiger partial charge in [-0.05, 0) is 74.9 Å². The van der Waals surface area contributed by atoms with Gasteiger partial charge in [0.05, 0.1) is 34.9 Å². The maximum atomic E-state index is 13.8. The molecule has 2 aromatic carbocycles. The van der Waals surface area contributed by atoms with E-state index in [1.54, 1.807) is 30.3 Å². The number of piperidine rings is 1. The Bertz CT molecular complexity index is 1430. The third-order valence-corrected chi connectivity index (χ3v) is 9.14. The largest absolute Gasteiger partial charge is 0.427 e. The first-order valence-corrected chi connectivity index (χ1v) is 15.2. The number of carbonyl (C=O) groups excluding carboxylic acids is 3. The predicted molar refractivity (Wildman–Crippen MR) is 153 cm³/mol. The zero-order chi connectivity index (χ0) is 34.0. The molecule has 3 aliphatic rings. The molecule has 15 heteroatoms. The third kappa shape index (κ3) is 7.67. The molecule has 0 aliphatic carbocycles. The molecule has 3 aliphatic heterocycles. The number of likely N-dealkylation sites (tertiary alicyclic amines) is 1. The van der Waals surface area contributed by atoms with Crippen molar-refractivity contribution in [1.82, 2.24) is 15.5 Å². The maximum absolute atomic E-state index is 13.8. The van der Waals surface area contributed by atoms with Crippen LogP contribution in [0.1, 0.15) is 73.8 Å². The van der Waals surface area contributed by atoms with Crippen LogP contribution >= 0.6 is 0 Å². The topological polar surface area (TPSA) is 106 Å². The molecule has 3 heterocycles. The first-order valence-electron chi connectivity index (χ1n) is 15.2. The van der Waals surface area contributed by atoms with Gasteiger partial charge in [0, 0.05) is 13.0 Å². The van der Waals surface area contributed by atoms with Crippen LogP contribution in [0.15, 0.2) is 48.5 Å². The highest BCUT2D eigenvalue weighted by Gasteiger charge is 2.54. The summed E-state index contributed by atoms with van der Waals surface area (Å²) < 4.78 is 98.1. The number of benzene rings is 2. The quantitative estimate of drug-likeness (QED) is 0.207. The van der Waals surface area contributed by atoms with Crippen molar-refractivity contribution in [3.05, 3.63) is 70.8 Å². The number of halogens is 6. The van der Waals surface area contributed by atoms with E-state index in [4.69, 9.17) is 14.2 Å². The molecule has 9 nitrogen and oxygen atoms in total. The Morgan fingerprint density at radius 3 is 2.23 bits per heavy atom. The standard InChI is InChI=1S/C32H35F6N3O6/c1-20(21-14-23(31(33,34)35)16-24(15-21)32(36,37)38)45-18-30(22-6-3-2-4-7-22)12-11-29(10-9-26(42)40-29)17-41(30)28(44)47-19-46-27(43)25-8-5-13-39-25/h2-4,6-7,14-16,20,25,39H,5,8-13,17-19H2,1H3,(H,40,42)/t20-,25+,29-,30-/m1/s1. The van der Waals surface area contributed by atoms with E-state index < -0.39 is 65.6 Å². The number of alkyl halides is 6. The van der Waals surface area contributed by atoms with Gasteiger partial charge < -0.3 is 24.8 Å². The molecule has 256 valence electrons. The molecule has 2 N–H and O–H groups in total. The van der Waals surface area contributed by atoms with Gasteiger partial charge in [0.2, 0.25) is 12.7 Å². The van der Waals surface area contributed by atoms with E-state index in [-0.39, 0.29) is 43.5 Å². The van der Waals surface area contributed by atoms with E-state index in [2.05, 4.69) is 10.6 Å². The Kier molecular flexibility index (Phi) is 9.79. The number of nitrogens with one attached hydrogen (secondary N) is 2. The van der Waals surface area contributed by atoms with Crippen molar-refractivity contribution < 1.29 is 54.9 Å². The summed E-state index contributed by atoms with van der Waals surface area (Å²) in [5.74, 6) is -0.780. The van der Waals surface area contributed by atoms with E-state index in [0.717, 1.165) is 6.42 Å². The number of hydrogen-bond donors (Lipinski definition) is 2. The van der Waals surface area contributed by atoms with Crippen LogP contribution in [0, 0.1) is 0 Å². The minimum absolute atomic E-state index is 0.0376. The molecule has 1 spiro atoms. The summed E-state index contributed by atoms with van der Waals surface area (Å²) in [6.45, 7) is 0.898. The Hall–Kier alpha value is -3.85. The fourth-order valence-electron chi connectivity index (χ4n) is 6.49. The lowest BCUT2D eigenvalue weighted by atomic mass is 9.74. The van der Waals surface area contributed by atoms with Crippen LogP contribution in [-0.4, -0.2) is 60.9 Å². The third-order valence-electron chi connectivity index (χ3n) is 9.14. The summed E-state index contributed by atoms with van der Waals surface area (Å²) in [5.41, 5.74) is -4.86. The van der Waals surface area contributed by atoms with Gasteiger partial charge in [0.15, 0.2) is 0 Å². The van der Waals surface area contributed by atoms with Crippen LogP contribution in [0.5, 0.6) is 0 Å². The molecular formula is C32H35F6N3O6. The highest BCUT2D eigenvalue weighted by Crippen LogP contribution is 2.45. The molecule has 0 bridgehead atoms. The van der Waals surface area contributed by atoms with E-state index in [1.165, 1.54) is 11.8 Å². The second-order valence-corrected chi connectivity index (χ2v) is 12.2. The average Bonchev–Trinajstić information content (AvgIpc) is 3.70. The minimum Gasteiger partial charge on any atom is -0.427 e. The maximum Gasteiger partial charge on any atom is 0.416 e. The Balaban J connectivity index is 1.44. The lowest BCUT2D eigenvalue weighted by Crippen LogP contribution is -2.65. The van der Waals surface area contributed by atoms with Crippen molar-refractivity contribution in [2.24, 2.45) is 0 Å². The smallest absolute Gasteiger partial charge is 0.416 e. The molecule has 5 rings (SSSR count). The van der Waals surface area contributed by atoms with Gasteiger partial charge in [-0.25, -0.2) is 4.79 Å². The fourth-order valence-corrected chi connectivity index (χ4v) is 6.49. The molecule has 47 heavy (non-hydrogen) atoms. The number of amides is 2. The SMILES string of the molecule is C[C@@H](OC[C@@]1(c2ccccc2)CC[C@]2(CCC(=O)N2)CN1C(=O)OCOC(=O)[C@@H]1CCCN1)c1cc(C(F)(F)F)cc(C(F)(F)F)c1. The van der Waals surface area contributed by atoms with E-state index in [0.29, 0.717) is 43.5 Å². The number of ether oxygens (including phenoxy) is 3. The first-order chi connectivity index (χ1) is 22.1. The van der Waals surface area contributed by atoms with Crippen molar-refractivity contribution >= 4 is 18.0 Å². The second-order valence-electron chi connectivity index (χ2n) is 12.2.